The SMILES string of the molecule is CC(C)(C)OC(=O)NC(C)(C)C(=O)N1CCCC1c1ncc(C#Cc2ccc(-c3cnc(C4CCCN4C(=O)C(C)(C)NC(=O)OC(C)(C)C)[nH]3)cc2)[nH]1. The van der Waals surface area contributed by atoms with Gasteiger partial charge in [0.1, 0.15) is 39.6 Å². The second-order valence-electron chi connectivity index (χ2n) is 17.0. The third kappa shape index (κ3) is 9.80. The number of carbonyl (C=O) groups is 4. The summed E-state index contributed by atoms with van der Waals surface area (Å²) in [6.45, 7) is 18.5. The molecule has 4 N–H and O–H groups in total. The number of aromatic amines is 2. The summed E-state index contributed by atoms with van der Waals surface area (Å²) in [6.07, 6.45) is 5.27. The van der Waals surface area contributed by atoms with Crippen LogP contribution in [0.15, 0.2) is 36.7 Å². The minimum atomic E-state index is -1.17. The lowest BCUT2D eigenvalue weighted by Crippen LogP contribution is -2.56. The van der Waals surface area contributed by atoms with E-state index >= 15 is 0 Å². The van der Waals surface area contributed by atoms with E-state index in [-0.39, 0.29) is 23.9 Å². The first kappa shape index (κ1) is 39.9. The maximum Gasteiger partial charge on any atom is 0.408 e. The van der Waals surface area contributed by atoms with E-state index in [1.165, 1.54) is 0 Å². The summed E-state index contributed by atoms with van der Waals surface area (Å²) in [4.78, 5) is 71.4. The maximum absolute atomic E-state index is 13.6. The van der Waals surface area contributed by atoms with Gasteiger partial charge in [-0.05, 0) is 119 Å². The molecule has 0 spiro atoms. The molecule has 2 unspecified atom stereocenters. The van der Waals surface area contributed by atoms with Crippen molar-refractivity contribution in [2.24, 2.45) is 0 Å². The number of nitrogens with one attached hydrogen (secondary N) is 4. The molecule has 0 bridgehead atoms. The van der Waals surface area contributed by atoms with Gasteiger partial charge in [0.15, 0.2) is 0 Å². The van der Waals surface area contributed by atoms with Gasteiger partial charge in [-0.25, -0.2) is 19.6 Å². The number of ether oxygens (including phenoxy) is 2. The highest BCUT2D eigenvalue weighted by Crippen LogP contribution is 2.34. The Morgan fingerprint density at radius 1 is 0.685 bits per heavy atom. The minimum absolute atomic E-state index is 0.202. The van der Waals surface area contributed by atoms with Crippen LogP contribution >= 0.6 is 0 Å². The Morgan fingerprint density at radius 3 is 1.63 bits per heavy atom. The van der Waals surface area contributed by atoms with E-state index in [2.05, 4.69) is 42.4 Å². The zero-order valence-electron chi connectivity index (χ0n) is 33.1. The van der Waals surface area contributed by atoms with Gasteiger partial charge in [-0.15, -0.1) is 0 Å². The normalized spacial score (nSPS) is 17.8. The Hall–Kier alpha value is -5.32. The number of benzene rings is 1. The number of hydrogen-bond acceptors (Lipinski definition) is 8. The quantitative estimate of drug-likeness (QED) is 0.209. The highest BCUT2D eigenvalue weighted by atomic mass is 16.6. The average molecular weight is 743 g/mol. The highest BCUT2D eigenvalue weighted by molar-refractivity contribution is 5.90. The summed E-state index contributed by atoms with van der Waals surface area (Å²) in [5, 5.41) is 5.44. The van der Waals surface area contributed by atoms with E-state index in [1.54, 1.807) is 91.4 Å². The Balaban J connectivity index is 1.21. The van der Waals surface area contributed by atoms with Crippen LogP contribution in [0.1, 0.15) is 130 Å². The van der Waals surface area contributed by atoms with Gasteiger partial charge in [-0.2, -0.15) is 0 Å². The number of carbonyl (C=O) groups excluding carboxylic acids is 4. The number of hydrogen-bond donors (Lipinski definition) is 4. The van der Waals surface area contributed by atoms with Crippen molar-refractivity contribution in [3.05, 3.63) is 59.6 Å². The summed E-state index contributed by atoms with van der Waals surface area (Å²) in [6, 6.07) is 7.26. The van der Waals surface area contributed by atoms with Gasteiger partial charge in [0.2, 0.25) is 11.8 Å². The number of amides is 4. The number of alkyl carbamates (subject to hydrolysis) is 2. The van der Waals surface area contributed by atoms with Crippen molar-refractivity contribution < 1.29 is 28.7 Å². The standard InChI is InChI=1S/C40H54N8O6/c1-37(2,3)53-35(51)45-39(7,8)33(49)47-21-11-13-29(47)31-41-23-27(43-31)20-17-25-15-18-26(19-16-25)28-24-42-32(44-28)30-14-12-22-48(30)34(50)40(9,10)46-36(52)54-38(4,5)6/h15-16,18-19,23-24,29-30H,11-14,21-22H2,1-10H3,(H,41,43)(H,42,44)(H,45,51)(H,46,52). The molecule has 2 aromatic heterocycles. The molecule has 14 heteroatoms. The molecule has 54 heavy (non-hydrogen) atoms. The summed E-state index contributed by atoms with van der Waals surface area (Å²) >= 11 is 0. The van der Waals surface area contributed by atoms with Gasteiger partial charge in [-0.3, -0.25) is 9.59 Å². The van der Waals surface area contributed by atoms with E-state index in [9.17, 15) is 19.2 Å². The van der Waals surface area contributed by atoms with Crippen LogP contribution in [-0.4, -0.2) is 89.1 Å². The zero-order chi connectivity index (χ0) is 39.6. The topological polar surface area (TPSA) is 175 Å². The summed E-state index contributed by atoms with van der Waals surface area (Å²) in [7, 11) is 0. The molecule has 0 aliphatic carbocycles. The van der Waals surface area contributed by atoms with Crippen molar-refractivity contribution in [2.45, 2.75) is 129 Å². The molecule has 3 aromatic rings. The third-order valence-corrected chi connectivity index (χ3v) is 9.08. The Bertz CT molecular complexity index is 1920. The number of nitrogens with zero attached hydrogens (tertiary/aromatic N) is 4. The van der Waals surface area contributed by atoms with Crippen LogP contribution in [0, 0.1) is 11.8 Å². The van der Waals surface area contributed by atoms with Crippen molar-refractivity contribution in [1.29, 1.82) is 0 Å². The zero-order valence-corrected chi connectivity index (χ0v) is 33.1. The monoisotopic (exact) mass is 742 g/mol. The first-order chi connectivity index (χ1) is 25.1. The van der Waals surface area contributed by atoms with Crippen molar-refractivity contribution >= 4 is 24.0 Å². The molecule has 5 rings (SSSR count). The maximum atomic E-state index is 13.6. The van der Waals surface area contributed by atoms with Crippen LogP contribution < -0.4 is 10.6 Å². The molecular formula is C40H54N8O6. The van der Waals surface area contributed by atoms with Gasteiger partial charge in [0.05, 0.1) is 30.2 Å². The van der Waals surface area contributed by atoms with Gasteiger partial charge in [0.25, 0.3) is 0 Å². The Kier molecular flexibility index (Phi) is 11.2. The van der Waals surface area contributed by atoms with Crippen molar-refractivity contribution in [2.75, 3.05) is 13.1 Å². The molecule has 2 saturated heterocycles. The highest BCUT2D eigenvalue weighted by Gasteiger charge is 2.42. The molecule has 1 aromatic carbocycles. The number of H-pyrrole nitrogens is 2. The lowest BCUT2D eigenvalue weighted by molar-refractivity contribution is -0.138. The number of rotatable bonds is 7. The van der Waals surface area contributed by atoms with E-state index in [0.717, 1.165) is 42.5 Å². The number of imidazole rings is 2. The van der Waals surface area contributed by atoms with Crippen LogP contribution in [0.2, 0.25) is 0 Å². The molecule has 4 amide bonds. The van der Waals surface area contributed by atoms with Crippen molar-refractivity contribution in [1.82, 2.24) is 40.4 Å². The van der Waals surface area contributed by atoms with E-state index < -0.39 is 34.5 Å². The smallest absolute Gasteiger partial charge is 0.408 e. The fraction of sp³-hybridized carbons (Fsp3) is 0.550. The lowest BCUT2D eigenvalue weighted by atomic mass is 10.0. The molecule has 0 radical (unpaired) electrons. The first-order valence-corrected chi connectivity index (χ1v) is 18.5. The second-order valence-corrected chi connectivity index (χ2v) is 17.0. The third-order valence-electron chi connectivity index (χ3n) is 9.08. The number of aromatic nitrogens is 4. The van der Waals surface area contributed by atoms with Gasteiger partial charge < -0.3 is 39.9 Å². The molecule has 14 nitrogen and oxygen atoms in total. The molecule has 2 atom stereocenters. The molecule has 2 aliphatic rings. The van der Waals surface area contributed by atoms with E-state index in [0.29, 0.717) is 30.4 Å². The second kappa shape index (κ2) is 15.2. The molecule has 4 heterocycles. The molecular weight excluding hydrogens is 688 g/mol. The van der Waals surface area contributed by atoms with E-state index in [1.807, 2.05) is 24.3 Å². The van der Waals surface area contributed by atoms with Crippen molar-refractivity contribution in [3.8, 4) is 23.1 Å². The lowest BCUT2D eigenvalue weighted by Gasteiger charge is -2.33. The summed E-state index contributed by atoms with van der Waals surface area (Å²) in [5.41, 5.74) is -0.530. The van der Waals surface area contributed by atoms with Crippen LogP contribution in [0.25, 0.3) is 11.3 Å². The van der Waals surface area contributed by atoms with Gasteiger partial charge >= 0.3 is 12.2 Å². The van der Waals surface area contributed by atoms with Crippen LogP contribution in [-0.2, 0) is 19.1 Å². The fourth-order valence-corrected chi connectivity index (χ4v) is 6.63. The average Bonchev–Trinajstić information content (AvgIpc) is 3.87. The predicted molar refractivity (Wildman–Crippen MR) is 203 cm³/mol. The Labute approximate surface area is 317 Å². The van der Waals surface area contributed by atoms with Crippen LogP contribution in [0.4, 0.5) is 9.59 Å². The molecule has 2 aliphatic heterocycles. The minimum Gasteiger partial charge on any atom is -0.444 e. The van der Waals surface area contributed by atoms with E-state index in [4.69, 9.17) is 9.47 Å². The fourth-order valence-electron chi connectivity index (χ4n) is 6.63. The molecule has 2 fully saturated rings. The number of likely N-dealkylation sites (tertiary alicyclic amines) is 2. The van der Waals surface area contributed by atoms with Gasteiger partial charge in [0, 0.05) is 18.7 Å². The Morgan fingerprint density at radius 2 is 1.15 bits per heavy atom. The van der Waals surface area contributed by atoms with Crippen LogP contribution in [0.3, 0.4) is 0 Å². The summed E-state index contributed by atoms with van der Waals surface area (Å²) in [5.74, 6) is 7.24. The first-order valence-electron chi connectivity index (χ1n) is 18.5. The molecule has 0 saturated carbocycles. The molecule has 290 valence electrons. The van der Waals surface area contributed by atoms with Crippen molar-refractivity contribution in [3.63, 3.8) is 0 Å². The summed E-state index contributed by atoms with van der Waals surface area (Å²) < 4.78 is 10.7. The predicted octanol–water partition coefficient (Wildman–Crippen LogP) is 6.13. The van der Waals surface area contributed by atoms with Gasteiger partial charge in [-0.1, -0.05) is 18.1 Å². The largest absolute Gasteiger partial charge is 0.444 e. The van der Waals surface area contributed by atoms with Crippen LogP contribution in [0.5, 0.6) is 0 Å².